The van der Waals surface area contributed by atoms with Crippen molar-refractivity contribution in [1.29, 1.82) is 0 Å². The summed E-state index contributed by atoms with van der Waals surface area (Å²) in [4.78, 5) is 0. The minimum atomic E-state index is 0. The predicted octanol–water partition coefficient (Wildman–Crippen LogP) is 1.21. The molecule has 0 fully saturated rings. The summed E-state index contributed by atoms with van der Waals surface area (Å²) in [6, 6.07) is 0. The molecule has 7 heteroatoms. The molecule has 0 bridgehead atoms. The zero-order valence-corrected chi connectivity index (χ0v) is 15.6. The molecule has 0 atom stereocenters. The molecule has 0 aromatic rings. The minimum absolute atomic E-state index is 0. The van der Waals surface area contributed by atoms with Crippen LogP contribution in [0.2, 0.25) is 0 Å². The van der Waals surface area contributed by atoms with Gasteiger partial charge in [-0.15, -0.1) is 6.54 Å². The van der Waals surface area contributed by atoms with Gasteiger partial charge < -0.3 is 30.8 Å². The van der Waals surface area contributed by atoms with Crippen LogP contribution in [0.1, 0.15) is 26.2 Å². The third-order valence-electron chi connectivity index (χ3n) is 2.01. The minimum Gasteiger partial charge on any atom is -0.676 e. The van der Waals surface area contributed by atoms with Gasteiger partial charge in [-0.2, -0.15) is 0 Å². The van der Waals surface area contributed by atoms with E-state index in [4.69, 9.17) is 30.8 Å². The third-order valence-corrected chi connectivity index (χ3v) is 2.01. The standard InChI is InChI=1S/C8H19N2O3.C5H12O.W/c9-1-3-11-5-7-13-8-6-12-4-2-10;1-2-3-4-5-6;/h9H,1-8,10H2;6H,2-5H2,1H3;/q-1;;. The van der Waals surface area contributed by atoms with Crippen LogP contribution in [-0.4, -0.2) is 64.4 Å². The molecule has 6 nitrogen and oxygen atoms in total. The fourth-order valence-electron chi connectivity index (χ4n) is 1.06. The van der Waals surface area contributed by atoms with E-state index in [0.29, 0.717) is 59.3 Å². The summed E-state index contributed by atoms with van der Waals surface area (Å²) < 4.78 is 15.3. The number of ether oxygens (including phenoxy) is 3. The van der Waals surface area contributed by atoms with E-state index in [1.165, 1.54) is 6.42 Å². The van der Waals surface area contributed by atoms with E-state index in [1.807, 2.05) is 0 Å². The first kappa shape index (κ1) is 25.4. The Morgan fingerprint density at radius 2 is 1.40 bits per heavy atom. The molecular formula is C13H31N2O4W-. The average molecular weight is 463 g/mol. The van der Waals surface area contributed by atoms with Crippen molar-refractivity contribution in [3.05, 3.63) is 5.73 Å². The smallest absolute Gasteiger partial charge is 0.0701 e. The van der Waals surface area contributed by atoms with Crippen LogP contribution in [0.15, 0.2) is 0 Å². The largest absolute Gasteiger partial charge is 0.676 e. The van der Waals surface area contributed by atoms with Gasteiger partial charge in [-0.3, -0.25) is 0 Å². The Bertz CT molecular complexity index is 132. The van der Waals surface area contributed by atoms with Crippen molar-refractivity contribution in [1.82, 2.24) is 0 Å². The zero-order chi connectivity index (χ0) is 14.6. The van der Waals surface area contributed by atoms with E-state index < -0.39 is 0 Å². The van der Waals surface area contributed by atoms with Crippen LogP contribution in [-0.2, 0) is 35.3 Å². The van der Waals surface area contributed by atoms with Crippen molar-refractivity contribution < 1.29 is 40.4 Å². The summed E-state index contributed by atoms with van der Waals surface area (Å²) >= 11 is 0. The average Bonchev–Trinajstić information content (AvgIpc) is 2.44. The van der Waals surface area contributed by atoms with E-state index in [0.717, 1.165) is 12.8 Å². The van der Waals surface area contributed by atoms with Gasteiger partial charge in [0.2, 0.25) is 0 Å². The zero-order valence-electron chi connectivity index (χ0n) is 12.6. The first-order valence-corrected chi connectivity index (χ1v) is 7.02. The molecule has 0 aromatic carbocycles. The molecule has 0 rings (SSSR count). The molecule has 0 heterocycles. The second-order valence-corrected chi connectivity index (χ2v) is 3.81. The summed E-state index contributed by atoms with van der Waals surface area (Å²) in [6.45, 7) is 6.66. The molecule has 0 radical (unpaired) electrons. The Labute approximate surface area is 137 Å². The second kappa shape index (κ2) is 27.7. The van der Waals surface area contributed by atoms with Crippen molar-refractivity contribution >= 4 is 0 Å². The van der Waals surface area contributed by atoms with Crippen LogP contribution < -0.4 is 5.73 Å². The van der Waals surface area contributed by atoms with Gasteiger partial charge in [-0.05, 0) is 6.42 Å². The summed E-state index contributed by atoms with van der Waals surface area (Å²) in [6.07, 6.45) is 3.33. The molecule has 4 N–H and O–H groups in total. The molecule has 0 amide bonds. The molecule has 0 unspecified atom stereocenters. The van der Waals surface area contributed by atoms with Gasteiger partial charge in [0.25, 0.3) is 0 Å². The van der Waals surface area contributed by atoms with E-state index in [9.17, 15) is 0 Å². The van der Waals surface area contributed by atoms with Gasteiger partial charge in [0.05, 0.1) is 33.0 Å². The fourth-order valence-corrected chi connectivity index (χ4v) is 1.06. The van der Waals surface area contributed by atoms with Crippen LogP contribution in [0.4, 0.5) is 0 Å². The monoisotopic (exact) mass is 463 g/mol. The molecule has 0 aliphatic heterocycles. The fraction of sp³-hybridized carbons (Fsp3) is 1.00. The first-order chi connectivity index (χ1) is 9.33. The van der Waals surface area contributed by atoms with Crippen LogP contribution in [0.25, 0.3) is 5.73 Å². The van der Waals surface area contributed by atoms with Crippen LogP contribution in [0.3, 0.4) is 0 Å². The van der Waals surface area contributed by atoms with Crippen molar-refractivity contribution in [2.75, 3.05) is 59.3 Å². The maximum Gasteiger partial charge on any atom is 0.0701 e. The van der Waals surface area contributed by atoms with Crippen molar-refractivity contribution in [2.24, 2.45) is 5.73 Å². The number of unbranched alkanes of at least 4 members (excludes halogenated alkanes) is 2. The maximum absolute atomic E-state index is 8.20. The predicted molar refractivity (Wildman–Crippen MR) is 77.3 cm³/mol. The van der Waals surface area contributed by atoms with E-state index in [-0.39, 0.29) is 21.1 Å². The Balaban J connectivity index is -0.000000352. The summed E-state index contributed by atoms with van der Waals surface area (Å²) in [5.41, 5.74) is 12.0. The molecule has 0 saturated carbocycles. The maximum atomic E-state index is 8.20. The quantitative estimate of drug-likeness (QED) is 0.401. The van der Waals surface area contributed by atoms with E-state index in [1.54, 1.807) is 0 Å². The molecule has 124 valence electrons. The molecule has 20 heavy (non-hydrogen) atoms. The van der Waals surface area contributed by atoms with Crippen LogP contribution >= 0.6 is 0 Å². The van der Waals surface area contributed by atoms with Gasteiger partial charge in [-0.1, -0.05) is 19.8 Å². The number of hydrogen-bond donors (Lipinski definition) is 2. The number of hydrogen-bond acceptors (Lipinski definition) is 5. The van der Waals surface area contributed by atoms with E-state index in [2.05, 4.69) is 6.92 Å². The van der Waals surface area contributed by atoms with Crippen molar-refractivity contribution in [2.45, 2.75) is 26.2 Å². The van der Waals surface area contributed by atoms with Gasteiger partial charge in [0.15, 0.2) is 0 Å². The molecule has 0 aliphatic rings. The summed E-state index contributed by atoms with van der Waals surface area (Å²) in [7, 11) is 0. The molecule has 0 aliphatic carbocycles. The van der Waals surface area contributed by atoms with Crippen molar-refractivity contribution in [3.8, 4) is 0 Å². The number of aliphatic hydroxyl groups excluding tert-OH is 1. The number of aliphatic hydroxyl groups is 1. The van der Waals surface area contributed by atoms with Gasteiger partial charge in [-0.25, -0.2) is 0 Å². The molecule has 0 saturated heterocycles. The van der Waals surface area contributed by atoms with Crippen molar-refractivity contribution in [3.63, 3.8) is 0 Å². The SMILES string of the molecule is CCCCCO.[NH-]CCOCCOCCOCCN.[W]. The van der Waals surface area contributed by atoms with Crippen LogP contribution in [0, 0.1) is 0 Å². The molecule has 0 aromatic heterocycles. The Kier molecular flexibility index (Phi) is 35.2. The Hall–Kier alpha value is 0.448. The summed E-state index contributed by atoms with van der Waals surface area (Å²) in [5.74, 6) is 0. The third kappa shape index (κ3) is 31.1. The van der Waals surface area contributed by atoms with Gasteiger partial charge in [0, 0.05) is 40.8 Å². The number of rotatable bonds is 13. The second-order valence-electron chi connectivity index (χ2n) is 3.81. The van der Waals surface area contributed by atoms with Gasteiger partial charge >= 0.3 is 0 Å². The topological polar surface area (TPSA) is 97.7 Å². The molecule has 0 spiro atoms. The molecular weight excluding hydrogens is 432 g/mol. The van der Waals surface area contributed by atoms with Gasteiger partial charge in [0.1, 0.15) is 0 Å². The van der Waals surface area contributed by atoms with Crippen LogP contribution in [0.5, 0.6) is 0 Å². The normalized spacial score (nSPS) is 9.60. The number of nitrogens with one attached hydrogen (secondary N) is 1. The summed E-state index contributed by atoms with van der Waals surface area (Å²) in [5, 5.41) is 8.20. The Morgan fingerprint density at radius 1 is 0.900 bits per heavy atom. The van der Waals surface area contributed by atoms with E-state index >= 15 is 0 Å². The first-order valence-electron chi connectivity index (χ1n) is 7.02. The number of nitrogens with two attached hydrogens (primary N) is 1. The Morgan fingerprint density at radius 3 is 1.75 bits per heavy atom.